The number of aryl methyl sites for hydroxylation is 1. The Balaban J connectivity index is 1.45. The Labute approximate surface area is 194 Å². The first-order valence-corrected chi connectivity index (χ1v) is 10.9. The van der Waals surface area contributed by atoms with E-state index in [1.807, 2.05) is 29.2 Å². The lowest BCUT2D eigenvalue weighted by Gasteiger charge is -2.27. The van der Waals surface area contributed by atoms with Crippen molar-refractivity contribution in [3.8, 4) is 22.7 Å². The topological polar surface area (TPSA) is 99.2 Å². The van der Waals surface area contributed by atoms with Crippen LogP contribution in [0.4, 0.5) is 10.3 Å². The van der Waals surface area contributed by atoms with Crippen molar-refractivity contribution in [1.82, 2.24) is 24.7 Å². The smallest absolute Gasteiger partial charge is 0.257 e. The second-order valence-corrected chi connectivity index (χ2v) is 8.12. The van der Waals surface area contributed by atoms with E-state index in [4.69, 9.17) is 9.26 Å². The molecular formula is C24H23FN6O3. The average molecular weight is 462 g/mol. The predicted molar refractivity (Wildman–Crippen MR) is 123 cm³/mol. The highest BCUT2D eigenvalue weighted by Crippen LogP contribution is 2.28. The van der Waals surface area contributed by atoms with E-state index in [9.17, 15) is 9.18 Å². The summed E-state index contributed by atoms with van der Waals surface area (Å²) in [5.41, 5.74) is 2.05. The summed E-state index contributed by atoms with van der Waals surface area (Å²) >= 11 is 0. The summed E-state index contributed by atoms with van der Waals surface area (Å²) in [6, 6.07) is 10.6. The van der Waals surface area contributed by atoms with E-state index in [1.165, 1.54) is 22.9 Å². The molecular weight excluding hydrogens is 439 g/mol. The molecule has 0 amide bonds. The van der Waals surface area contributed by atoms with Crippen LogP contribution in [-0.2, 0) is 11.8 Å². The Morgan fingerprint density at radius 3 is 2.71 bits per heavy atom. The van der Waals surface area contributed by atoms with Crippen molar-refractivity contribution >= 4 is 5.95 Å². The molecule has 0 spiro atoms. The summed E-state index contributed by atoms with van der Waals surface area (Å²) in [6.45, 7) is 3.48. The second kappa shape index (κ2) is 9.14. The first kappa shape index (κ1) is 21.9. The molecule has 4 aromatic rings. The summed E-state index contributed by atoms with van der Waals surface area (Å²) in [4.78, 5) is 27.4. The first-order chi connectivity index (χ1) is 16.5. The highest BCUT2D eigenvalue weighted by molar-refractivity contribution is 5.60. The Morgan fingerprint density at radius 2 is 1.97 bits per heavy atom. The number of anilines is 1. The van der Waals surface area contributed by atoms with Gasteiger partial charge in [0.1, 0.15) is 6.10 Å². The number of rotatable bonds is 4. The van der Waals surface area contributed by atoms with Gasteiger partial charge in [-0.05, 0) is 37.1 Å². The number of ether oxygens (including phenoxy) is 1. The fraction of sp³-hybridized carbons (Fsp3) is 0.292. The number of halogens is 1. The van der Waals surface area contributed by atoms with Gasteiger partial charge in [-0.25, -0.2) is 9.37 Å². The van der Waals surface area contributed by atoms with Gasteiger partial charge in [-0.1, -0.05) is 17.3 Å². The fourth-order valence-electron chi connectivity index (χ4n) is 3.99. The number of hydrogen-bond donors (Lipinski definition) is 0. The number of nitrogens with zero attached hydrogens (tertiary/aromatic N) is 6. The minimum absolute atomic E-state index is 0.237. The summed E-state index contributed by atoms with van der Waals surface area (Å²) < 4.78 is 27.2. The summed E-state index contributed by atoms with van der Waals surface area (Å²) in [5, 5.41) is 3.83. The lowest BCUT2D eigenvalue weighted by molar-refractivity contribution is 0.0685. The molecule has 3 aromatic heterocycles. The summed E-state index contributed by atoms with van der Waals surface area (Å²) in [7, 11) is 1.67. The lowest BCUT2D eigenvalue weighted by Crippen LogP contribution is -2.34. The van der Waals surface area contributed by atoms with E-state index in [1.54, 1.807) is 14.0 Å². The van der Waals surface area contributed by atoms with Gasteiger partial charge in [0.05, 0.1) is 18.4 Å². The second-order valence-electron chi connectivity index (χ2n) is 8.12. The van der Waals surface area contributed by atoms with Crippen molar-refractivity contribution in [3.63, 3.8) is 0 Å². The third-order valence-corrected chi connectivity index (χ3v) is 5.78. The van der Waals surface area contributed by atoms with Gasteiger partial charge in [0, 0.05) is 43.6 Å². The van der Waals surface area contributed by atoms with E-state index >= 15 is 0 Å². The van der Waals surface area contributed by atoms with E-state index < -0.39 is 5.82 Å². The molecule has 1 aliphatic heterocycles. The maximum atomic E-state index is 14.3. The van der Waals surface area contributed by atoms with Crippen LogP contribution in [0.2, 0.25) is 0 Å². The van der Waals surface area contributed by atoms with Crippen molar-refractivity contribution < 1.29 is 13.7 Å². The largest absolute Gasteiger partial charge is 0.372 e. The van der Waals surface area contributed by atoms with Gasteiger partial charge in [-0.15, -0.1) is 0 Å². The number of hydrogen-bond acceptors (Lipinski definition) is 8. The van der Waals surface area contributed by atoms with Crippen molar-refractivity contribution in [2.75, 3.05) is 24.6 Å². The minimum Gasteiger partial charge on any atom is -0.372 e. The van der Waals surface area contributed by atoms with Gasteiger partial charge < -0.3 is 14.2 Å². The zero-order valence-electron chi connectivity index (χ0n) is 18.8. The lowest BCUT2D eigenvalue weighted by atomic mass is 10.1. The molecule has 10 heteroatoms. The van der Waals surface area contributed by atoms with Gasteiger partial charge in [0.2, 0.25) is 5.95 Å². The highest BCUT2D eigenvalue weighted by atomic mass is 19.1. The summed E-state index contributed by atoms with van der Waals surface area (Å²) in [5.74, 6) is 0.982. The van der Waals surface area contributed by atoms with Crippen LogP contribution >= 0.6 is 0 Å². The van der Waals surface area contributed by atoms with Crippen LogP contribution in [0.3, 0.4) is 0 Å². The van der Waals surface area contributed by atoms with E-state index in [2.05, 4.69) is 20.1 Å². The fourth-order valence-corrected chi connectivity index (χ4v) is 3.99. The quantitative estimate of drug-likeness (QED) is 0.456. The van der Waals surface area contributed by atoms with E-state index in [0.717, 1.165) is 23.7 Å². The van der Waals surface area contributed by atoms with E-state index in [-0.39, 0.29) is 22.9 Å². The van der Waals surface area contributed by atoms with Crippen LogP contribution in [0.15, 0.2) is 58.1 Å². The zero-order valence-corrected chi connectivity index (χ0v) is 18.8. The molecule has 5 rings (SSSR count). The Hall–Kier alpha value is -3.92. The molecule has 1 fully saturated rings. The third kappa shape index (κ3) is 4.32. The Kier molecular flexibility index (Phi) is 5.89. The number of benzene rings is 1. The SMILES string of the molecule is Cc1noc(-c2ccc([C@H]3CN(c4nc(-c5ccncc5F)cc(=O)n4C)CCCO3)cc2)n1. The molecule has 0 N–H and O–H groups in total. The first-order valence-electron chi connectivity index (χ1n) is 10.9. The van der Waals surface area contributed by atoms with Crippen molar-refractivity contribution in [1.29, 1.82) is 0 Å². The number of pyridine rings is 1. The minimum atomic E-state index is -0.525. The molecule has 34 heavy (non-hydrogen) atoms. The Bertz CT molecular complexity index is 1370. The highest BCUT2D eigenvalue weighted by Gasteiger charge is 2.24. The van der Waals surface area contributed by atoms with Gasteiger partial charge in [0.15, 0.2) is 11.6 Å². The maximum Gasteiger partial charge on any atom is 0.257 e. The molecule has 174 valence electrons. The molecule has 9 nitrogen and oxygen atoms in total. The molecule has 0 radical (unpaired) electrons. The molecule has 0 aliphatic carbocycles. The molecule has 1 aromatic carbocycles. The molecule has 0 bridgehead atoms. The average Bonchev–Trinajstić information content (AvgIpc) is 3.13. The molecule has 4 heterocycles. The Morgan fingerprint density at radius 1 is 1.15 bits per heavy atom. The molecule has 1 saturated heterocycles. The molecule has 1 atom stereocenters. The van der Waals surface area contributed by atoms with Crippen LogP contribution < -0.4 is 10.5 Å². The van der Waals surface area contributed by atoms with Crippen LogP contribution in [-0.4, -0.2) is 44.4 Å². The zero-order chi connectivity index (χ0) is 23.7. The predicted octanol–water partition coefficient (Wildman–Crippen LogP) is 3.31. The van der Waals surface area contributed by atoms with Gasteiger partial charge in [-0.2, -0.15) is 4.98 Å². The molecule has 1 aliphatic rings. The third-order valence-electron chi connectivity index (χ3n) is 5.78. The van der Waals surface area contributed by atoms with Crippen LogP contribution in [0.5, 0.6) is 0 Å². The standard InChI is InChI=1S/C24H23FN6O3/c1-15-27-23(34-29-15)17-6-4-16(5-7-17)21-14-31(10-3-11-33-21)24-28-20(12-22(32)30(24)2)18-8-9-26-13-19(18)25/h4-9,12-13,21H,3,10-11,14H2,1-2H3/t21-/m1/s1. The number of aromatic nitrogens is 5. The van der Waals surface area contributed by atoms with Gasteiger partial charge in [-0.3, -0.25) is 14.3 Å². The normalized spacial score (nSPS) is 16.4. The monoisotopic (exact) mass is 462 g/mol. The van der Waals surface area contributed by atoms with Crippen molar-refractivity contribution in [2.45, 2.75) is 19.4 Å². The van der Waals surface area contributed by atoms with Crippen LogP contribution in [0, 0.1) is 12.7 Å². The summed E-state index contributed by atoms with van der Waals surface area (Å²) in [6.07, 6.45) is 3.12. The van der Waals surface area contributed by atoms with Crippen molar-refractivity contribution in [3.05, 3.63) is 76.4 Å². The van der Waals surface area contributed by atoms with E-state index in [0.29, 0.717) is 37.4 Å². The molecule has 0 unspecified atom stereocenters. The molecule has 0 saturated carbocycles. The van der Waals surface area contributed by atoms with Crippen LogP contribution in [0.25, 0.3) is 22.7 Å². The maximum absolute atomic E-state index is 14.3. The van der Waals surface area contributed by atoms with Gasteiger partial charge >= 0.3 is 0 Å². The van der Waals surface area contributed by atoms with Crippen LogP contribution in [0.1, 0.15) is 23.9 Å². The van der Waals surface area contributed by atoms with Crippen molar-refractivity contribution in [2.24, 2.45) is 7.05 Å². The van der Waals surface area contributed by atoms with Gasteiger partial charge in [0.25, 0.3) is 11.4 Å².